The van der Waals surface area contributed by atoms with Crippen molar-refractivity contribution in [2.45, 2.75) is 46.3 Å². The van der Waals surface area contributed by atoms with Gasteiger partial charge < -0.3 is 5.11 Å². The second kappa shape index (κ2) is 4.60. The summed E-state index contributed by atoms with van der Waals surface area (Å²) in [5, 5.41) is 14.1. The normalized spacial score (nSPS) is 15.9. The zero-order valence-electron chi connectivity index (χ0n) is 9.44. The Hall–Kier alpha value is -0.830. The van der Waals surface area contributed by atoms with Crippen LogP contribution in [-0.2, 0) is 0 Å². The monoisotopic (exact) mass is 196 g/mol. The lowest BCUT2D eigenvalue weighted by Crippen LogP contribution is -2.07. The first-order chi connectivity index (χ1) is 6.56. The highest BCUT2D eigenvalue weighted by molar-refractivity contribution is 5.09. The van der Waals surface area contributed by atoms with Crippen molar-refractivity contribution in [2.24, 2.45) is 5.92 Å². The largest absolute Gasteiger partial charge is 0.388 e. The van der Waals surface area contributed by atoms with Crippen LogP contribution in [0, 0.1) is 5.92 Å². The molecular weight excluding hydrogens is 176 g/mol. The van der Waals surface area contributed by atoms with Gasteiger partial charge in [-0.3, -0.25) is 4.68 Å². The smallest absolute Gasteiger partial charge is 0.0845 e. The van der Waals surface area contributed by atoms with Crippen LogP contribution in [0.15, 0.2) is 12.4 Å². The molecule has 0 aliphatic heterocycles. The molecule has 3 nitrogen and oxygen atoms in total. The summed E-state index contributed by atoms with van der Waals surface area (Å²) in [6, 6.07) is 0.355. The predicted octanol–water partition coefficient (Wildman–Crippen LogP) is 2.54. The molecule has 0 fully saturated rings. The molecule has 14 heavy (non-hydrogen) atoms. The highest BCUT2D eigenvalue weighted by atomic mass is 16.3. The lowest BCUT2D eigenvalue weighted by atomic mass is 9.98. The van der Waals surface area contributed by atoms with Crippen LogP contribution in [0.25, 0.3) is 0 Å². The third kappa shape index (κ3) is 2.35. The molecule has 0 aromatic carbocycles. The van der Waals surface area contributed by atoms with Crippen LogP contribution in [0.1, 0.15) is 51.8 Å². The summed E-state index contributed by atoms with van der Waals surface area (Å²) in [6.45, 7) is 8.29. The maximum Gasteiger partial charge on any atom is 0.0845 e. The van der Waals surface area contributed by atoms with Gasteiger partial charge in [0, 0.05) is 17.8 Å². The first kappa shape index (κ1) is 11.2. The van der Waals surface area contributed by atoms with Gasteiger partial charge in [-0.15, -0.1) is 0 Å². The van der Waals surface area contributed by atoms with Gasteiger partial charge in [0.1, 0.15) is 0 Å². The zero-order chi connectivity index (χ0) is 10.7. The molecule has 0 aliphatic rings. The molecule has 1 heterocycles. The maximum absolute atomic E-state index is 9.93. The highest BCUT2D eigenvalue weighted by Gasteiger charge is 2.16. The Morgan fingerprint density at radius 3 is 2.50 bits per heavy atom. The molecule has 0 spiro atoms. The second-order valence-corrected chi connectivity index (χ2v) is 4.18. The van der Waals surface area contributed by atoms with Crippen LogP contribution in [0.5, 0.6) is 0 Å². The minimum absolute atomic E-state index is 0.291. The van der Waals surface area contributed by atoms with Gasteiger partial charge in [-0.25, -0.2) is 0 Å². The third-order valence-corrected chi connectivity index (χ3v) is 2.68. The van der Waals surface area contributed by atoms with Crippen molar-refractivity contribution in [3.8, 4) is 0 Å². The number of aliphatic hydroxyl groups excluding tert-OH is 1. The van der Waals surface area contributed by atoms with Crippen molar-refractivity contribution in [2.75, 3.05) is 0 Å². The zero-order valence-corrected chi connectivity index (χ0v) is 9.44. The first-order valence-corrected chi connectivity index (χ1v) is 5.28. The number of aromatic nitrogens is 2. The molecule has 0 saturated heterocycles. The Labute approximate surface area is 85.8 Å². The van der Waals surface area contributed by atoms with Crippen molar-refractivity contribution >= 4 is 0 Å². The van der Waals surface area contributed by atoms with E-state index in [0.717, 1.165) is 12.0 Å². The molecule has 0 amide bonds. The molecule has 1 aromatic rings. The molecule has 2 atom stereocenters. The summed E-state index contributed by atoms with van der Waals surface area (Å²) >= 11 is 0. The molecular formula is C11H20N2O. The van der Waals surface area contributed by atoms with Crippen LogP contribution >= 0.6 is 0 Å². The van der Waals surface area contributed by atoms with E-state index in [1.165, 1.54) is 0 Å². The molecule has 1 aromatic heterocycles. The average molecular weight is 196 g/mol. The second-order valence-electron chi connectivity index (χ2n) is 4.18. The van der Waals surface area contributed by atoms with E-state index in [4.69, 9.17) is 0 Å². The quantitative estimate of drug-likeness (QED) is 0.803. The van der Waals surface area contributed by atoms with E-state index in [1.807, 2.05) is 10.9 Å². The third-order valence-electron chi connectivity index (χ3n) is 2.68. The summed E-state index contributed by atoms with van der Waals surface area (Å²) in [6.07, 6.45) is 4.29. The molecule has 1 N–H and O–H groups in total. The molecule has 3 heteroatoms. The Kier molecular flexibility index (Phi) is 3.69. The van der Waals surface area contributed by atoms with Crippen LogP contribution < -0.4 is 0 Å². The SMILES string of the molecule is CCC(C)C(O)c1cnn(C(C)C)c1. The van der Waals surface area contributed by atoms with Gasteiger partial charge in [-0.1, -0.05) is 20.3 Å². The summed E-state index contributed by atoms with van der Waals surface area (Å²) in [7, 11) is 0. The standard InChI is InChI=1S/C11H20N2O/c1-5-9(4)11(14)10-6-12-13(7-10)8(2)3/h6-9,11,14H,5H2,1-4H3. The van der Waals surface area contributed by atoms with Crippen molar-refractivity contribution in [3.05, 3.63) is 18.0 Å². The van der Waals surface area contributed by atoms with Crippen LogP contribution in [0.4, 0.5) is 0 Å². The van der Waals surface area contributed by atoms with Gasteiger partial charge in [-0.05, 0) is 19.8 Å². The highest BCUT2D eigenvalue weighted by Crippen LogP contribution is 2.23. The molecule has 0 saturated carbocycles. The van der Waals surface area contributed by atoms with Gasteiger partial charge in [-0.2, -0.15) is 5.10 Å². The number of nitrogens with zero attached hydrogens (tertiary/aromatic N) is 2. The lowest BCUT2D eigenvalue weighted by Gasteiger charge is -2.15. The van der Waals surface area contributed by atoms with E-state index in [0.29, 0.717) is 12.0 Å². The van der Waals surface area contributed by atoms with Gasteiger partial charge in [0.25, 0.3) is 0 Å². The lowest BCUT2D eigenvalue weighted by molar-refractivity contribution is 0.115. The fraction of sp³-hybridized carbons (Fsp3) is 0.727. The van der Waals surface area contributed by atoms with Crippen molar-refractivity contribution in [3.63, 3.8) is 0 Å². The van der Waals surface area contributed by atoms with E-state index in [1.54, 1.807) is 6.20 Å². The number of hydrogen-bond acceptors (Lipinski definition) is 2. The van der Waals surface area contributed by atoms with E-state index in [-0.39, 0.29) is 6.10 Å². The molecule has 0 radical (unpaired) electrons. The number of aliphatic hydroxyl groups is 1. The van der Waals surface area contributed by atoms with Crippen molar-refractivity contribution in [1.29, 1.82) is 0 Å². The van der Waals surface area contributed by atoms with Gasteiger partial charge >= 0.3 is 0 Å². The van der Waals surface area contributed by atoms with Gasteiger partial charge in [0.2, 0.25) is 0 Å². The van der Waals surface area contributed by atoms with Crippen LogP contribution in [-0.4, -0.2) is 14.9 Å². The van der Waals surface area contributed by atoms with E-state index in [2.05, 4.69) is 32.8 Å². The maximum atomic E-state index is 9.93. The molecule has 1 rings (SSSR count). The topological polar surface area (TPSA) is 38.1 Å². The van der Waals surface area contributed by atoms with E-state index in [9.17, 15) is 5.11 Å². The fourth-order valence-corrected chi connectivity index (χ4v) is 1.34. The Balaban J connectivity index is 2.76. The molecule has 0 bridgehead atoms. The molecule has 2 unspecified atom stereocenters. The summed E-state index contributed by atoms with van der Waals surface area (Å²) in [4.78, 5) is 0. The molecule has 0 aliphatic carbocycles. The summed E-state index contributed by atoms with van der Waals surface area (Å²) < 4.78 is 1.88. The first-order valence-electron chi connectivity index (χ1n) is 5.28. The summed E-state index contributed by atoms with van der Waals surface area (Å²) in [5.74, 6) is 0.291. The van der Waals surface area contributed by atoms with E-state index < -0.39 is 0 Å². The minimum atomic E-state index is -0.382. The predicted molar refractivity (Wildman–Crippen MR) is 57.0 cm³/mol. The number of rotatable bonds is 4. The Morgan fingerprint density at radius 1 is 1.43 bits per heavy atom. The Bertz CT molecular complexity index is 281. The van der Waals surface area contributed by atoms with E-state index >= 15 is 0 Å². The Morgan fingerprint density at radius 2 is 2.07 bits per heavy atom. The van der Waals surface area contributed by atoms with Crippen LogP contribution in [0.2, 0.25) is 0 Å². The van der Waals surface area contributed by atoms with Gasteiger partial charge in [0.05, 0.1) is 12.3 Å². The minimum Gasteiger partial charge on any atom is -0.388 e. The summed E-state index contributed by atoms with van der Waals surface area (Å²) in [5.41, 5.74) is 0.924. The van der Waals surface area contributed by atoms with Crippen molar-refractivity contribution in [1.82, 2.24) is 9.78 Å². The van der Waals surface area contributed by atoms with Crippen molar-refractivity contribution < 1.29 is 5.11 Å². The fourth-order valence-electron chi connectivity index (χ4n) is 1.34. The molecule has 80 valence electrons. The number of hydrogen-bond donors (Lipinski definition) is 1. The van der Waals surface area contributed by atoms with Gasteiger partial charge in [0.15, 0.2) is 0 Å². The average Bonchev–Trinajstić information content (AvgIpc) is 2.64. The van der Waals surface area contributed by atoms with Crippen LogP contribution in [0.3, 0.4) is 0 Å².